The molecule has 15 unspecified atom stereocenters. The maximum absolute atomic E-state index is 13.1. The van der Waals surface area contributed by atoms with Gasteiger partial charge in [-0.15, -0.1) is 6.58 Å². The second-order valence-corrected chi connectivity index (χ2v) is 22.4. The van der Waals surface area contributed by atoms with Crippen molar-refractivity contribution in [1.82, 2.24) is 5.32 Å². The van der Waals surface area contributed by atoms with Crippen LogP contribution >= 0.6 is 0 Å². The molecule has 1 amide bonds. The number of rotatable bonds is 48. The van der Waals surface area contributed by atoms with E-state index in [1.165, 1.54) is 37.3 Å². The molecule has 0 fully saturated rings. The third-order valence-corrected chi connectivity index (χ3v) is 13.8. The molecule has 0 heterocycles. The van der Waals surface area contributed by atoms with E-state index in [0.29, 0.717) is 25.8 Å². The minimum absolute atomic E-state index is 0.00272. The highest BCUT2D eigenvalue weighted by molar-refractivity contribution is 7.80. The van der Waals surface area contributed by atoms with Crippen LogP contribution in [0.4, 0.5) is 0 Å². The molecule has 15 N–H and O–H groups in total. The molecule has 0 radical (unpaired) electrons. The molecule has 0 aromatic rings. The fraction of sp³-hybridized carbons (Fsp3) is 0.603. The van der Waals surface area contributed by atoms with Crippen LogP contribution < -0.4 is 11.1 Å². The average Bonchev–Trinajstić information content (AvgIpc) is 3.52. The minimum atomic E-state index is -4.95. The quantitative estimate of drug-likeness (QED) is 0.00849. The zero-order chi connectivity index (χ0) is 63.3. The number of carbonyl (C=O) groups is 2. The van der Waals surface area contributed by atoms with Crippen LogP contribution in [-0.4, -0.2) is 167 Å². The Bertz CT molecular complexity index is 2240. The van der Waals surface area contributed by atoms with E-state index in [0.717, 1.165) is 32.1 Å². The molecule has 0 aromatic heterocycles. The molecule has 0 saturated carbocycles. The van der Waals surface area contributed by atoms with E-state index in [4.69, 9.17) is 9.92 Å². The zero-order valence-electron chi connectivity index (χ0n) is 49.8. The van der Waals surface area contributed by atoms with Crippen molar-refractivity contribution in [3.63, 3.8) is 0 Å². The number of allylic oxidation sites excluding steroid dienone is 12. The molecule has 0 aliphatic heterocycles. The summed E-state index contributed by atoms with van der Waals surface area (Å²) in [5.74, 6) is -2.31. The lowest BCUT2D eigenvalue weighted by atomic mass is 9.88. The molecular formula is C63H103N3O17S. The van der Waals surface area contributed by atoms with Crippen LogP contribution in [0.3, 0.4) is 0 Å². The summed E-state index contributed by atoms with van der Waals surface area (Å²) in [6, 6.07) is 0. The van der Waals surface area contributed by atoms with Crippen LogP contribution in [0.15, 0.2) is 139 Å². The van der Waals surface area contributed by atoms with Gasteiger partial charge in [0.25, 0.3) is 0 Å². The van der Waals surface area contributed by atoms with Crippen molar-refractivity contribution < 1.29 is 82.9 Å². The van der Waals surface area contributed by atoms with E-state index in [1.54, 1.807) is 85.9 Å². The van der Waals surface area contributed by atoms with Gasteiger partial charge in [0.05, 0.1) is 73.2 Å². The first-order valence-electron chi connectivity index (χ1n) is 29.3. The van der Waals surface area contributed by atoms with Crippen LogP contribution in [0.25, 0.3) is 0 Å². The number of carbonyl (C=O) groups excluding carboxylic acids is 2. The Morgan fingerprint density at radius 1 is 0.583 bits per heavy atom. The highest BCUT2D eigenvalue weighted by Crippen LogP contribution is 2.21. The lowest BCUT2D eigenvalue weighted by Crippen LogP contribution is -2.36. The summed E-state index contributed by atoms with van der Waals surface area (Å²) in [7, 11) is -4.95. The van der Waals surface area contributed by atoms with Crippen molar-refractivity contribution in [2.24, 2.45) is 28.5 Å². The number of aliphatic hydroxyl groups excluding tert-OH is 11. The van der Waals surface area contributed by atoms with E-state index < -0.39 is 102 Å². The Kier molecular flexibility index (Phi) is 45.5. The number of aliphatic hydroxyl groups is 11. The number of nitrogens with two attached hydrogens (primary N) is 1. The number of nitrogens with zero attached hydrogens (tertiary/aromatic N) is 1. The number of unbranched alkanes of at least 4 members (excludes halogenated alkanes) is 3. The second-order valence-electron chi connectivity index (χ2n) is 21.3. The Hall–Kier alpha value is -4.82. The van der Waals surface area contributed by atoms with Gasteiger partial charge in [-0.05, 0) is 70.6 Å². The summed E-state index contributed by atoms with van der Waals surface area (Å²) >= 11 is 0. The number of hydrogen-bond acceptors (Lipinski definition) is 17. The molecule has 0 saturated heterocycles. The molecule has 0 aromatic carbocycles. The Balaban J connectivity index is 4.73. The Morgan fingerprint density at radius 3 is 1.62 bits per heavy atom. The van der Waals surface area contributed by atoms with Crippen molar-refractivity contribution in [3.8, 4) is 0 Å². The van der Waals surface area contributed by atoms with Crippen molar-refractivity contribution in [3.05, 3.63) is 134 Å². The molecule has 0 aliphatic rings. The molecule has 0 rings (SSSR count). The number of nitrogens with one attached hydrogen (secondary N) is 1. The average molecular weight is 1210 g/mol. The zero-order valence-corrected chi connectivity index (χ0v) is 50.6. The van der Waals surface area contributed by atoms with E-state index in [-0.39, 0.29) is 81.5 Å². The Labute approximate surface area is 500 Å². The number of guanidine groups is 1. The molecular weight excluding hydrogens is 1100 g/mol. The summed E-state index contributed by atoms with van der Waals surface area (Å²) in [4.78, 5) is 29.0. The standard InChI is InChI=1S/C63H103N3O17S/c1-6-8-10-21-28-46(3)62(79)48(5)58(76)36-22-18-16-14-12-11-13-15-17-19-23-37-60(83-84(80,81)82)47(4)59(77)45-57(75)44-54(72)34-26-33-53(71)43-56(74)42-52(70)32-25-31-50(68)40-49(67)29-24-30-51(69)41-55(73)35-27-39-65-63(64)66-61(78)38-20-9-7-2/h6,11-19,21-26,28-29,32,34,36,46-58,60,62,67-76,79H,1,7-10,20,27,30-31,33,35,37-45H2,2-5H3,(H,80,81,82)(H3,64,65,66,78). The summed E-state index contributed by atoms with van der Waals surface area (Å²) in [6.45, 7) is 11.1. The van der Waals surface area contributed by atoms with Crippen molar-refractivity contribution >= 4 is 28.0 Å². The maximum Gasteiger partial charge on any atom is 0.397 e. The SMILES string of the molecule is C=CCCC=CC(C)C(O)C(C)C(O)C=CC=CC=CC=CC=CC=CCC(OS(=O)(=O)O)C(C)C(=O)CC(O)CC(O)C=CCC(O)CC(O)CC(O)C=CCC(O)CC(O)C=CCC(O)CC(O)CCCN=C(N)NC(=O)CCCCC. The third-order valence-electron chi connectivity index (χ3n) is 13.3. The lowest BCUT2D eigenvalue weighted by Gasteiger charge is -2.25. The van der Waals surface area contributed by atoms with Gasteiger partial charge in [0, 0.05) is 56.4 Å². The minimum Gasteiger partial charge on any atom is -0.393 e. The summed E-state index contributed by atoms with van der Waals surface area (Å²) in [6.07, 6.45) is 27.3. The first-order chi connectivity index (χ1) is 39.8. The van der Waals surface area contributed by atoms with Gasteiger partial charge < -0.3 is 61.9 Å². The second kappa shape index (κ2) is 48.3. The van der Waals surface area contributed by atoms with E-state index in [2.05, 4.69) is 16.9 Å². The van der Waals surface area contributed by atoms with Gasteiger partial charge in [0.15, 0.2) is 5.96 Å². The normalized spacial score (nSPS) is 18.8. The number of amides is 1. The van der Waals surface area contributed by atoms with Gasteiger partial charge >= 0.3 is 10.4 Å². The first-order valence-corrected chi connectivity index (χ1v) is 30.7. The van der Waals surface area contributed by atoms with E-state index >= 15 is 0 Å². The number of aliphatic imine (C=N–C) groups is 1. The first kappa shape index (κ1) is 79.2. The van der Waals surface area contributed by atoms with Crippen LogP contribution in [0.5, 0.6) is 0 Å². The largest absolute Gasteiger partial charge is 0.397 e. The number of hydrogen-bond donors (Lipinski definition) is 14. The monoisotopic (exact) mass is 1210 g/mol. The molecule has 478 valence electrons. The Morgan fingerprint density at radius 2 is 1.08 bits per heavy atom. The van der Waals surface area contributed by atoms with Crippen molar-refractivity contribution in [2.75, 3.05) is 6.54 Å². The van der Waals surface area contributed by atoms with Gasteiger partial charge in [-0.25, -0.2) is 4.18 Å². The van der Waals surface area contributed by atoms with Crippen LogP contribution in [0.2, 0.25) is 0 Å². The van der Waals surface area contributed by atoms with Gasteiger partial charge in [-0.2, -0.15) is 8.42 Å². The third kappa shape index (κ3) is 44.6. The molecule has 0 spiro atoms. The van der Waals surface area contributed by atoms with Crippen LogP contribution in [0, 0.1) is 17.8 Å². The molecule has 21 heteroatoms. The highest BCUT2D eigenvalue weighted by atomic mass is 32.3. The maximum atomic E-state index is 13.1. The van der Waals surface area contributed by atoms with Crippen molar-refractivity contribution in [2.45, 2.75) is 217 Å². The van der Waals surface area contributed by atoms with Crippen molar-refractivity contribution in [1.29, 1.82) is 0 Å². The number of ketones is 1. The smallest absolute Gasteiger partial charge is 0.393 e. The molecule has 0 aliphatic carbocycles. The lowest BCUT2D eigenvalue weighted by molar-refractivity contribution is -0.127. The summed E-state index contributed by atoms with van der Waals surface area (Å²) in [5.41, 5.74) is 5.74. The van der Waals surface area contributed by atoms with Gasteiger partial charge in [-0.3, -0.25) is 24.5 Å². The molecule has 0 bridgehead atoms. The predicted molar refractivity (Wildman–Crippen MR) is 330 cm³/mol. The summed E-state index contributed by atoms with van der Waals surface area (Å²) < 4.78 is 37.4. The van der Waals surface area contributed by atoms with Gasteiger partial charge in [0.1, 0.15) is 5.78 Å². The topological polar surface area (TPSA) is 371 Å². The summed E-state index contributed by atoms with van der Waals surface area (Å²) in [5, 5.41) is 117. The van der Waals surface area contributed by atoms with Gasteiger partial charge in [-0.1, -0.05) is 168 Å². The fourth-order valence-electron chi connectivity index (χ4n) is 8.36. The highest BCUT2D eigenvalue weighted by Gasteiger charge is 2.30. The van der Waals surface area contributed by atoms with E-state index in [9.17, 15) is 78.7 Å². The number of Topliss-reactive ketones (excluding diaryl/α,β-unsaturated/α-hetero) is 1. The molecule has 15 atom stereocenters. The van der Waals surface area contributed by atoms with E-state index in [1.807, 2.05) is 32.1 Å². The van der Waals surface area contributed by atoms with Crippen LogP contribution in [-0.2, 0) is 24.2 Å². The predicted octanol–water partition coefficient (Wildman–Crippen LogP) is 5.84. The van der Waals surface area contributed by atoms with Crippen LogP contribution in [0.1, 0.15) is 143 Å². The molecule has 84 heavy (non-hydrogen) atoms. The fourth-order valence-corrected chi connectivity index (χ4v) is 8.91. The molecule has 20 nitrogen and oxygen atoms in total. The van der Waals surface area contributed by atoms with Gasteiger partial charge in [0.2, 0.25) is 5.91 Å².